The Morgan fingerprint density at radius 2 is 1.91 bits per heavy atom. The number of aldehydes is 1. The van der Waals surface area contributed by atoms with Crippen molar-refractivity contribution in [3.63, 3.8) is 0 Å². The number of carbonyl (C=O) groups is 1. The first-order valence-electron chi connectivity index (χ1n) is 11.6. The monoisotopic (exact) mass is 472 g/mol. The topological polar surface area (TPSA) is 52.0 Å². The van der Waals surface area contributed by atoms with Gasteiger partial charge in [0.25, 0.3) is 5.56 Å². The molecule has 0 unspecified atom stereocenters. The standard InChI is InChI=1S/C27H24N2O2S2/c30-15-20-11-12-21-23-26(28-22-8-2-1-5-13-29(22)27(23)31)33-25(21)24(20)32-16-17-9-10-18-6-3-4-7-19(18)14-17/h3-4,6-7,9-10,14-15H,1-2,5,8,11-13,16H2. The fraction of sp³-hybridized carbons (Fsp3) is 0.296. The number of nitrogens with zero attached hydrogens (tertiary/aromatic N) is 2. The molecular weight excluding hydrogens is 448 g/mol. The first-order chi connectivity index (χ1) is 16.2. The summed E-state index contributed by atoms with van der Waals surface area (Å²) in [7, 11) is 0. The maximum Gasteiger partial charge on any atom is 0.262 e. The zero-order valence-corrected chi connectivity index (χ0v) is 19.9. The van der Waals surface area contributed by atoms with E-state index < -0.39 is 0 Å². The number of benzene rings is 2. The molecule has 1 aliphatic carbocycles. The second-order valence-corrected chi connectivity index (χ2v) is 10.8. The maximum absolute atomic E-state index is 13.5. The summed E-state index contributed by atoms with van der Waals surface area (Å²) in [4.78, 5) is 33.3. The van der Waals surface area contributed by atoms with Crippen LogP contribution in [0.1, 0.15) is 47.5 Å². The second-order valence-electron chi connectivity index (χ2n) is 8.83. The summed E-state index contributed by atoms with van der Waals surface area (Å²) in [6.45, 7) is 0.765. The molecule has 0 fully saturated rings. The first-order valence-corrected chi connectivity index (χ1v) is 13.4. The molecule has 1 aliphatic heterocycles. The van der Waals surface area contributed by atoms with E-state index in [-0.39, 0.29) is 5.56 Å². The van der Waals surface area contributed by atoms with E-state index in [4.69, 9.17) is 4.98 Å². The molecule has 3 heterocycles. The highest BCUT2D eigenvalue weighted by atomic mass is 32.2. The fourth-order valence-electron chi connectivity index (χ4n) is 5.03. The fourth-order valence-corrected chi connectivity index (χ4v) is 7.62. The molecule has 0 bridgehead atoms. The van der Waals surface area contributed by atoms with Gasteiger partial charge in [0.1, 0.15) is 16.9 Å². The molecule has 4 nitrogen and oxygen atoms in total. The van der Waals surface area contributed by atoms with E-state index in [1.807, 2.05) is 4.57 Å². The minimum atomic E-state index is 0.114. The van der Waals surface area contributed by atoms with Gasteiger partial charge >= 0.3 is 0 Å². The SMILES string of the molecule is O=CC1=C(SCc2ccc3ccccc3c2)c2sc3nc4n(c(=O)c3c2CC1)CCCCC4. The summed E-state index contributed by atoms with van der Waals surface area (Å²) in [5.41, 5.74) is 3.29. The van der Waals surface area contributed by atoms with Crippen LogP contribution in [-0.4, -0.2) is 15.8 Å². The maximum atomic E-state index is 13.5. The molecule has 2 aromatic carbocycles. The number of thioether (sulfide) groups is 1. The highest BCUT2D eigenvalue weighted by molar-refractivity contribution is 8.07. The lowest BCUT2D eigenvalue weighted by Gasteiger charge is -2.17. The third-order valence-corrected chi connectivity index (χ3v) is 9.26. The van der Waals surface area contributed by atoms with Crippen LogP contribution in [0.15, 0.2) is 52.8 Å². The van der Waals surface area contributed by atoms with Crippen molar-refractivity contribution in [2.75, 3.05) is 0 Å². The molecule has 2 aromatic heterocycles. The molecule has 0 N–H and O–H groups in total. The van der Waals surface area contributed by atoms with E-state index >= 15 is 0 Å². The van der Waals surface area contributed by atoms with Gasteiger partial charge in [-0.25, -0.2) is 4.98 Å². The van der Waals surface area contributed by atoms with E-state index in [1.54, 1.807) is 23.1 Å². The van der Waals surface area contributed by atoms with Crippen molar-refractivity contribution < 1.29 is 4.79 Å². The molecule has 0 saturated heterocycles. The van der Waals surface area contributed by atoms with Crippen LogP contribution >= 0.6 is 23.1 Å². The molecule has 4 aromatic rings. The van der Waals surface area contributed by atoms with Crippen molar-refractivity contribution in [1.82, 2.24) is 9.55 Å². The highest BCUT2D eigenvalue weighted by Gasteiger charge is 2.27. The van der Waals surface area contributed by atoms with Crippen LogP contribution in [0.25, 0.3) is 25.9 Å². The van der Waals surface area contributed by atoms with Crippen molar-refractivity contribution in [3.05, 3.63) is 80.2 Å². The minimum absolute atomic E-state index is 0.114. The average Bonchev–Trinajstić information content (AvgIpc) is 3.05. The number of allylic oxidation sites excluding steroid dienone is 1. The van der Waals surface area contributed by atoms with Crippen LogP contribution in [0.2, 0.25) is 0 Å². The van der Waals surface area contributed by atoms with Gasteiger partial charge in [-0.1, -0.05) is 48.9 Å². The molecule has 33 heavy (non-hydrogen) atoms. The summed E-state index contributed by atoms with van der Waals surface area (Å²) in [5.74, 6) is 1.71. The van der Waals surface area contributed by atoms with E-state index in [0.717, 1.165) is 87.6 Å². The Morgan fingerprint density at radius 1 is 1.03 bits per heavy atom. The lowest BCUT2D eigenvalue weighted by Crippen LogP contribution is -2.24. The summed E-state index contributed by atoms with van der Waals surface area (Å²) in [5, 5.41) is 3.24. The van der Waals surface area contributed by atoms with Crippen LogP contribution in [0.3, 0.4) is 0 Å². The molecule has 0 saturated carbocycles. The van der Waals surface area contributed by atoms with E-state index in [1.165, 1.54) is 16.3 Å². The van der Waals surface area contributed by atoms with Gasteiger partial charge < -0.3 is 0 Å². The van der Waals surface area contributed by atoms with Gasteiger partial charge in [-0.3, -0.25) is 14.2 Å². The zero-order chi connectivity index (χ0) is 22.4. The van der Waals surface area contributed by atoms with Crippen LogP contribution in [0, 0.1) is 0 Å². The number of aryl methyl sites for hydroxylation is 2. The Hall–Kier alpha value is -2.70. The first kappa shape index (κ1) is 20.9. The molecular formula is C27H24N2O2S2. The Balaban J connectivity index is 1.40. The average molecular weight is 473 g/mol. The molecule has 6 heteroatoms. The predicted octanol–water partition coefficient (Wildman–Crippen LogP) is 6.13. The van der Waals surface area contributed by atoms with Crippen LogP contribution in [0.4, 0.5) is 0 Å². The lowest BCUT2D eigenvalue weighted by atomic mass is 9.97. The predicted molar refractivity (Wildman–Crippen MR) is 138 cm³/mol. The van der Waals surface area contributed by atoms with Crippen molar-refractivity contribution in [2.24, 2.45) is 0 Å². The third-order valence-electron chi connectivity index (χ3n) is 6.75. The normalized spacial score (nSPS) is 16.0. The zero-order valence-electron chi connectivity index (χ0n) is 18.3. The van der Waals surface area contributed by atoms with Gasteiger partial charge in [-0.2, -0.15) is 0 Å². The lowest BCUT2D eigenvalue weighted by molar-refractivity contribution is -0.105. The summed E-state index contributed by atoms with van der Waals surface area (Å²) in [6.07, 6.45) is 6.57. The number of hydrogen-bond acceptors (Lipinski definition) is 5. The van der Waals surface area contributed by atoms with Gasteiger partial charge in [-0.15, -0.1) is 23.1 Å². The van der Waals surface area contributed by atoms with Crippen molar-refractivity contribution in [3.8, 4) is 0 Å². The Labute approximate surface area is 200 Å². The molecule has 0 spiro atoms. The Bertz CT molecular complexity index is 1500. The molecule has 166 valence electrons. The van der Waals surface area contributed by atoms with Gasteiger partial charge in [0.05, 0.1) is 5.39 Å². The smallest absolute Gasteiger partial charge is 0.262 e. The molecule has 0 radical (unpaired) electrons. The second kappa shape index (κ2) is 8.58. The number of carbonyl (C=O) groups excluding carboxylic acids is 1. The Morgan fingerprint density at radius 3 is 2.79 bits per heavy atom. The molecule has 0 atom stereocenters. The Kier molecular flexibility index (Phi) is 5.43. The molecule has 0 amide bonds. The van der Waals surface area contributed by atoms with Crippen molar-refractivity contribution >= 4 is 55.3 Å². The van der Waals surface area contributed by atoms with Crippen LogP contribution in [-0.2, 0) is 29.9 Å². The minimum Gasteiger partial charge on any atom is -0.298 e. The number of hydrogen-bond donors (Lipinski definition) is 0. The summed E-state index contributed by atoms with van der Waals surface area (Å²) in [6, 6.07) is 14.9. The van der Waals surface area contributed by atoms with Gasteiger partial charge in [0.2, 0.25) is 0 Å². The summed E-state index contributed by atoms with van der Waals surface area (Å²) < 4.78 is 1.91. The quantitative estimate of drug-likeness (QED) is 0.335. The third kappa shape index (κ3) is 3.65. The largest absolute Gasteiger partial charge is 0.298 e. The van der Waals surface area contributed by atoms with E-state index in [9.17, 15) is 9.59 Å². The highest BCUT2D eigenvalue weighted by Crippen LogP contribution is 2.46. The number of fused-ring (bicyclic) bond motifs is 5. The van der Waals surface area contributed by atoms with Gasteiger partial charge in [0.15, 0.2) is 0 Å². The van der Waals surface area contributed by atoms with Gasteiger partial charge in [0, 0.05) is 34.1 Å². The molecule has 2 aliphatic rings. The summed E-state index contributed by atoms with van der Waals surface area (Å²) >= 11 is 3.31. The van der Waals surface area contributed by atoms with Gasteiger partial charge in [-0.05, 0) is 47.6 Å². The van der Waals surface area contributed by atoms with Crippen molar-refractivity contribution in [1.29, 1.82) is 0 Å². The van der Waals surface area contributed by atoms with Crippen LogP contribution in [0.5, 0.6) is 0 Å². The van der Waals surface area contributed by atoms with Crippen LogP contribution < -0.4 is 5.56 Å². The van der Waals surface area contributed by atoms with E-state index in [0.29, 0.717) is 6.42 Å². The van der Waals surface area contributed by atoms with Crippen molar-refractivity contribution in [2.45, 2.75) is 50.8 Å². The van der Waals surface area contributed by atoms with E-state index in [2.05, 4.69) is 42.5 Å². The molecule has 6 rings (SSSR count). The number of rotatable bonds is 4. The number of thiophene rings is 1. The number of aromatic nitrogens is 2.